The van der Waals surface area contributed by atoms with Crippen LogP contribution in [0.15, 0.2) is 40.4 Å². The number of amides is 2. The highest BCUT2D eigenvalue weighted by Gasteiger charge is 2.35. The molecule has 29 heavy (non-hydrogen) atoms. The molecule has 1 aromatic rings. The number of carbonyl (C=O) groups excluding carboxylic acids is 2. The zero-order chi connectivity index (χ0) is 21.0. The Morgan fingerprint density at radius 3 is 2.31 bits per heavy atom. The first-order chi connectivity index (χ1) is 13.8. The van der Waals surface area contributed by atoms with Crippen molar-refractivity contribution in [3.05, 3.63) is 41.1 Å². The molecule has 3 rings (SSSR count). The summed E-state index contributed by atoms with van der Waals surface area (Å²) in [6, 6.07) is 7.43. The number of nitrogens with one attached hydrogen (secondary N) is 2. The zero-order valence-corrected chi connectivity index (χ0v) is 18.6. The average Bonchev–Trinajstić information content (AvgIpc) is 2.68. The van der Waals surface area contributed by atoms with Crippen molar-refractivity contribution < 1.29 is 14.3 Å². The summed E-state index contributed by atoms with van der Waals surface area (Å²) < 4.78 is 5.49. The SMILES string of the molecule is CC(C)OC(=O)C1=C(C(C)C)NC(=O)NC1c1ccc(SC2CCCCC2)cc1. The highest BCUT2D eigenvalue weighted by molar-refractivity contribution is 8.00. The Balaban J connectivity index is 1.86. The molecule has 1 aliphatic heterocycles. The molecule has 1 fully saturated rings. The highest BCUT2D eigenvalue weighted by Crippen LogP contribution is 2.35. The van der Waals surface area contributed by atoms with E-state index in [1.54, 1.807) is 0 Å². The Bertz CT molecular complexity index is 765. The first kappa shape index (κ1) is 21.8. The van der Waals surface area contributed by atoms with Crippen molar-refractivity contribution in [3.63, 3.8) is 0 Å². The van der Waals surface area contributed by atoms with Crippen LogP contribution in [0.25, 0.3) is 0 Å². The fourth-order valence-electron chi connectivity index (χ4n) is 3.91. The molecule has 0 saturated heterocycles. The molecule has 1 aromatic carbocycles. The molecule has 2 aliphatic rings. The number of esters is 1. The van der Waals surface area contributed by atoms with Crippen LogP contribution in [0.5, 0.6) is 0 Å². The van der Waals surface area contributed by atoms with Crippen LogP contribution in [0.4, 0.5) is 4.79 Å². The standard InChI is InChI=1S/C23H32N2O3S/c1-14(2)20-19(22(26)28-15(3)4)21(25-23(27)24-20)16-10-12-18(13-11-16)29-17-8-6-5-7-9-17/h10-15,17,21H,5-9H2,1-4H3,(H2,24,25,27). The second-order valence-corrected chi connectivity index (χ2v) is 9.79. The van der Waals surface area contributed by atoms with Gasteiger partial charge in [0.15, 0.2) is 0 Å². The third-order valence-corrected chi connectivity index (χ3v) is 6.66. The van der Waals surface area contributed by atoms with Crippen molar-refractivity contribution in [2.45, 2.75) is 82.1 Å². The Kier molecular flexibility index (Phi) is 7.28. The van der Waals surface area contributed by atoms with Crippen LogP contribution < -0.4 is 10.6 Å². The van der Waals surface area contributed by atoms with Crippen molar-refractivity contribution in [1.82, 2.24) is 10.6 Å². The van der Waals surface area contributed by atoms with Crippen LogP contribution in [0.3, 0.4) is 0 Å². The van der Waals surface area contributed by atoms with Crippen LogP contribution in [0.2, 0.25) is 0 Å². The molecule has 1 aliphatic carbocycles. The van der Waals surface area contributed by atoms with Crippen molar-refractivity contribution in [2.75, 3.05) is 0 Å². The van der Waals surface area contributed by atoms with E-state index in [0.717, 1.165) is 5.56 Å². The molecule has 158 valence electrons. The third-order valence-electron chi connectivity index (χ3n) is 5.31. The number of ether oxygens (including phenoxy) is 1. The Morgan fingerprint density at radius 2 is 1.72 bits per heavy atom. The van der Waals surface area contributed by atoms with Crippen molar-refractivity contribution >= 4 is 23.8 Å². The number of carbonyl (C=O) groups is 2. The minimum atomic E-state index is -0.513. The first-order valence-electron chi connectivity index (χ1n) is 10.6. The van der Waals surface area contributed by atoms with Gasteiger partial charge in [-0.15, -0.1) is 11.8 Å². The molecule has 1 saturated carbocycles. The molecule has 1 unspecified atom stereocenters. The molecule has 5 nitrogen and oxygen atoms in total. The zero-order valence-electron chi connectivity index (χ0n) is 17.8. The molecule has 2 N–H and O–H groups in total. The normalized spacial score (nSPS) is 20.6. The largest absolute Gasteiger partial charge is 0.459 e. The van der Waals surface area contributed by atoms with Gasteiger partial charge in [-0.1, -0.05) is 45.2 Å². The lowest BCUT2D eigenvalue weighted by Gasteiger charge is -2.31. The van der Waals surface area contributed by atoms with Gasteiger partial charge in [-0.2, -0.15) is 0 Å². The minimum absolute atomic E-state index is 0.000562. The summed E-state index contributed by atoms with van der Waals surface area (Å²) in [6.07, 6.45) is 6.33. The van der Waals surface area contributed by atoms with Crippen molar-refractivity contribution in [1.29, 1.82) is 0 Å². The molecular formula is C23H32N2O3S. The van der Waals surface area contributed by atoms with Crippen LogP contribution in [0, 0.1) is 5.92 Å². The van der Waals surface area contributed by atoms with E-state index in [-0.39, 0.29) is 24.0 Å². The van der Waals surface area contributed by atoms with Crippen molar-refractivity contribution in [2.24, 2.45) is 5.92 Å². The number of thioether (sulfide) groups is 1. The van der Waals surface area contributed by atoms with E-state index in [4.69, 9.17) is 4.74 Å². The smallest absolute Gasteiger partial charge is 0.338 e. The fourth-order valence-corrected chi connectivity index (χ4v) is 5.16. The molecular weight excluding hydrogens is 384 g/mol. The van der Waals surface area contributed by atoms with Crippen LogP contribution >= 0.6 is 11.8 Å². The van der Waals surface area contributed by atoms with E-state index in [2.05, 4.69) is 22.8 Å². The van der Waals surface area contributed by atoms with E-state index >= 15 is 0 Å². The van der Waals surface area contributed by atoms with Crippen LogP contribution in [0.1, 0.15) is 71.4 Å². The summed E-state index contributed by atoms with van der Waals surface area (Å²) in [4.78, 5) is 26.4. The van der Waals surface area contributed by atoms with E-state index in [1.165, 1.54) is 37.0 Å². The van der Waals surface area contributed by atoms with E-state index in [9.17, 15) is 9.59 Å². The Labute approximate surface area is 178 Å². The number of hydrogen-bond donors (Lipinski definition) is 2. The molecule has 1 heterocycles. The second-order valence-electron chi connectivity index (χ2n) is 8.41. The van der Waals surface area contributed by atoms with Gasteiger partial charge in [0.1, 0.15) is 0 Å². The lowest BCUT2D eigenvalue weighted by Crippen LogP contribution is -2.47. The van der Waals surface area contributed by atoms with Gasteiger partial charge in [-0.25, -0.2) is 9.59 Å². The Morgan fingerprint density at radius 1 is 1.07 bits per heavy atom. The summed E-state index contributed by atoms with van der Waals surface area (Å²) >= 11 is 1.94. The number of rotatable bonds is 6. The highest BCUT2D eigenvalue weighted by atomic mass is 32.2. The summed E-state index contributed by atoms with van der Waals surface area (Å²) in [5.41, 5.74) is 2.01. The quantitative estimate of drug-likeness (QED) is 0.615. The van der Waals surface area contributed by atoms with Gasteiger partial charge < -0.3 is 15.4 Å². The van der Waals surface area contributed by atoms with E-state index in [0.29, 0.717) is 16.5 Å². The molecule has 0 spiro atoms. The van der Waals surface area contributed by atoms with Crippen LogP contribution in [-0.4, -0.2) is 23.4 Å². The molecule has 2 amide bonds. The summed E-state index contributed by atoms with van der Waals surface area (Å²) in [5.74, 6) is -0.388. The lowest BCUT2D eigenvalue weighted by molar-refractivity contribution is -0.143. The van der Waals surface area contributed by atoms with Gasteiger partial charge >= 0.3 is 12.0 Å². The van der Waals surface area contributed by atoms with Gasteiger partial charge in [0.25, 0.3) is 0 Å². The summed E-state index contributed by atoms with van der Waals surface area (Å²) in [5, 5.41) is 6.41. The number of benzene rings is 1. The minimum Gasteiger partial charge on any atom is -0.459 e. The predicted octanol–water partition coefficient (Wildman–Crippen LogP) is 5.33. The maximum absolute atomic E-state index is 12.9. The average molecular weight is 417 g/mol. The number of hydrogen-bond acceptors (Lipinski definition) is 4. The third kappa shape index (κ3) is 5.56. The molecule has 1 atom stereocenters. The van der Waals surface area contributed by atoms with Crippen molar-refractivity contribution in [3.8, 4) is 0 Å². The molecule has 0 bridgehead atoms. The maximum atomic E-state index is 12.9. The second kappa shape index (κ2) is 9.70. The molecule has 6 heteroatoms. The van der Waals surface area contributed by atoms with Crippen LogP contribution in [-0.2, 0) is 9.53 Å². The van der Waals surface area contributed by atoms with Gasteiger partial charge in [0.05, 0.1) is 17.7 Å². The lowest BCUT2D eigenvalue weighted by atomic mass is 9.91. The topological polar surface area (TPSA) is 67.4 Å². The van der Waals surface area contributed by atoms with E-state index < -0.39 is 6.04 Å². The maximum Gasteiger partial charge on any atom is 0.338 e. The first-order valence-corrected chi connectivity index (χ1v) is 11.5. The van der Waals surface area contributed by atoms with Gasteiger partial charge in [0, 0.05) is 15.8 Å². The molecule has 0 aromatic heterocycles. The number of allylic oxidation sites excluding steroid dienone is 1. The summed E-state index contributed by atoms with van der Waals surface area (Å²) in [6.45, 7) is 7.58. The molecule has 0 radical (unpaired) electrons. The predicted molar refractivity (Wildman–Crippen MR) is 117 cm³/mol. The Hall–Kier alpha value is -1.95. The monoisotopic (exact) mass is 416 g/mol. The van der Waals surface area contributed by atoms with Gasteiger partial charge in [-0.05, 0) is 50.3 Å². The summed E-state index contributed by atoms with van der Waals surface area (Å²) in [7, 11) is 0. The fraction of sp³-hybridized carbons (Fsp3) is 0.565. The van der Waals surface area contributed by atoms with Gasteiger partial charge in [0.2, 0.25) is 0 Å². The van der Waals surface area contributed by atoms with E-state index in [1.807, 2.05) is 51.6 Å². The van der Waals surface area contributed by atoms with Gasteiger partial charge in [-0.3, -0.25) is 0 Å². The number of urea groups is 1.